The summed E-state index contributed by atoms with van der Waals surface area (Å²) in [6, 6.07) is 2.76. The Balaban J connectivity index is 3.20. The van der Waals surface area contributed by atoms with E-state index in [1.165, 1.54) is 12.1 Å². The number of carbonyl (C=O) groups is 1. The fraction of sp³-hybridized carbons (Fsp3) is 0.364. The van der Waals surface area contributed by atoms with Crippen LogP contribution in [0.2, 0.25) is 0 Å². The number of rotatable bonds is 3. The molecule has 1 rings (SSSR count). The summed E-state index contributed by atoms with van der Waals surface area (Å²) in [5, 5.41) is 10.8. The van der Waals surface area contributed by atoms with Crippen LogP contribution in [-0.4, -0.2) is 17.0 Å². The predicted octanol–water partition coefficient (Wildman–Crippen LogP) is 3.23. The Bertz CT molecular complexity index is 471. The highest BCUT2D eigenvalue weighted by Crippen LogP contribution is 2.28. The number of esters is 1. The quantitative estimate of drug-likeness (QED) is 0.488. The maximum atomic E-state index is 11.7. The average molecular weight is 302 g/mol. The summed E-state index contributed by atoms with van der Waals surface area (Å²) in [4.78, 5) is 21.9. The molecule has 0 aliphatic heterocycles. The molecule has 1 aromatic carbocycles. The van der Waals surface area contributed by atoms with Crippen molar-refractivity contribution in [2.75, 3.05) is 0 Å². The number of carbonyl (C=O) groups excluding carboxylic acids is 1. The van der Waals surface area contributed by atoms with Crippen LogP contribution in [0.15, 0.2) is 16.6 Å². The van der Waals surface area contributed by atoms with Crippen molar-refractivity contribution in [3.8, 4) is 0 Å². The van der Waals surface area contributed by atoms with Crippen LogP contribution >= 0.6 is 15.9 Å². The van der Waals surface area contributed by atoms with Crippen LogP contribution in [-0.2, 0) is 4.74 Å². The second-order valence-corrected chi connectivity index (χ2v) is 4.68. The van der Waals surface area contributed by atoms with E-state index in [-0.39, 0.29) is 17.4 Å². The second-order valence-electron chi connectivity index (χ2n) is 3.83. The van der Waals surface area contributed by atoms with Gasteiger partial charge in [-0.2, -0.15) is 0 Å². The number of nitrogens with zero attached hydrogens (tertiary/aromatic N) is 1. The molecule has 0 aliphatic carbocycles. The van der Waals surface area contributed by atoms with E-state index in [2.05, 4.69) is 15.9 Å². The van der Waals surface area contributed by atoms with Crippen LogP contribution in [0, 0.1) is 17.0 Å². The maximum absolute atomic E-state index is 11.7. The number of ether oxygens (including phenoxy) is 1. The van der Waals surface area contributed by atoms with E-state index in [0.29, 0.717) is 10.0 Å². The standard InChI is InChI=1S/C11H12BrNO4/c1-6(2)17-11(14)8-5-10(13(15)16)9(12)4-7(8)3/h4-6H,1-3H3. The van der Waals surface area contributed by atoms with E-state index < -0.39 is 10.9 Å². The summed E-state index contributed by atoms with van der Waals surface area (Å²) in [6.45, 7) is 5.15. The van der Waals surface area contributed by atoms with Crippen LogP contribution in [0.1, 0.15) is 29.8 Å². The van der Waals surface area contributed by atoms with E-state index in [4.69, 9.17) is 4.74 Å². The number of aryl methyl sites for hydroxylation is 1. The monoisotopic (exact) mass is 301 g/mol. The zero-order valence-electron chi connectivity index (χ0n) is 9.69. The summed E-state index contributed by atoms with van der Waals surface area (Å²) in [5.74, 6) is -0.548. The van der Waals surface area contributed by atoms with Gasteiger partial charge in [0.05, 0.1) is 21.1 Å². The van der Waals surface area contributed by atoms with Crippen molar-refractivity contribution in [2.24, 2.45) is 0 Å². The Morgan fingerprint density at radius 3 is 2.53 bits per heavy atom. The first-order valence-electron chi connectivity index (χ1n) is 4.98. The predicted molar refractivity (Wildman–Crippen MR) is 66.1 cm³/mol. The minimum atomic E-state index is -0.548. The molecule has 0 radical (unpaired) electrons. The minimum absolute atomic E-state index is 0.147. The van der Waals surface area contributed by atoms with Crippen molar-refractivity contribution >= 4 is 27.6 Å². The van der Waals surface area contributed by atoms with Gasteiger partial charge in [-0.25, -0.2) is 4.79 Å². The third-order valence-electron chi connectivity index (χ3n) is 2.05. The lowest BCUT2D eigenvalue weighted by atomic mass is 10.1. The fourth-order valence-electron chi connectivity index (χ4n) is 1.30. The highest BCUT2D eigenvalue weighted by Gasteiger charge is 2.20. The lowest BCUT2D eigenvalue weighted by Crippen LogP contribution is -2.13. The smallest absolute Gasteiger partial charge is 0.338 e. The highest BCUT2D eigenvalue weighted by molar-refractivity contribution is 9.10. The Kier molecular flexibility index (Phi) is 4.22. The summed E-state index contributed by atoms with van der Waals surface area (Å²) in [6.07, 6.45) is -0.260. The zero-order chi connectivity index (χ0) is 13.2. The molecule has 0 saturated heterocycles. The molecular weight excluding hydrogens is 290 g/mol. The van der Waals surface area contributed by atoms with Gasteiger partial charge in [-0.05, 0) is 48.3 Å². The Morgan fingerprint density at radius 1 is 1.47 bits per heavy atom. The normalized spacial score (nSPS) is 10.4. The molecule has 6 heteroatoms. The van der Waals surface area contributed by atoms with E-state index >= 15 is 0 Å². The van der Waals surface area contributed by atoms with Crippen molar-refractivity contribution in [3.63, 3.8) is 0 Å². The van der Waals surface area contributed by atoms with Gasteiger partial charge in [0.15, 0.2) is 0 Å². The van der Waals surface area contributed by atoms with Gasteiger partial charge < -0.3 is 4.74 Å². The summed E-state index contributed by atoms with van der Waals surface area (Å²) >= 11 is 3.09. The van der Waals surface area contributed by atoms with Crippen molar-refractivity contribution in [3.05, 3.63) is 37.8 Å². The molecule has 0 bridgehead atoms. The Morgan fingerprint density at radius 2 is 2.06 bits per heavy atom. The largest absolute Gasteiger partial charge is 0.459 e. The first kappa shape index (κ1) is 13.6. The number of nitro groups is 1. The van der Waals surface area contributed by atoms with Crippen LogP contribution in [0.25, 0.3) is 0 Å². The van der Waals surface area contributed by atoms with Gasteiger partial charge in [-0.1, -0.05) is 0 Å². The Hall–Kier alpha value is -1.43. The molecule has 0 heterocycles. The zero-order valence-corrected chi connectivity index (χ0v) is 11.3. The van der Waals surface area contributed by atoms with E-state index in [9.17, 15) is 14.9 Å². The van der Waals surface area contributed by atoms with Crippen molar-refractivity contribution in [1.29, 1.82) is 0 Å². The summed E-state index contributed by atoms with van der Waals surface area (Å²) < 4.78 is 5.36. The molecule has 5 nitrogen and oxygen atoms in total. The molecule has 17 heavy (non-hydrogen) atoms. The third kappa shape index (κ3) is 3.26. The number of nitro benzene ring substituents is 1. The average Bonchev–Trinajstić information content (AvgIpc) is 2.15. The van der Waals surface area contributed by atoms with Crippen LogP contribution < -0.4 is 0 Å². The van der Waals surface area contributed by atoms with E-state index in [0.717, 1.165) is 0 Å². The van der Waals surface area contributed by atoms with Crippen LogP contribution in [0.4, 0.5) is 5.69 Å². The van der Waals surface area contributed by atoms with Crippen molar-refractivity contribution in [1.82, 2.24) is 0 Å². The molecule has 92 valence electrons. The third-order valence-corrected chi connectivity index (χ3v) is 2.69. The molecule has 0 unspecified atom stereocenters. The lowest BCUT2D eigenvalue weighted by molar-refractivity contribution is -0.385. The lowest BCUT2D eigenvalue weighted by Gasteiger charge is -2.10. The molecule has 0 aliphatic rings. The first-order chi connectivity index (χ1) is 7.82. The minimum Gasteiger partial charge on any atom is -0.459 e. The van der Waals surface area contributed by atoms with Gasteiger partial charge in [0.1, 0.15) is 0 Å². The molecule has 0 fully saturated rings. The van der Waals surface area contributed by atoms with Crippen LogP contribution in [0.5, 0.6) is 0 Å². The summed E-state index contributed by atoms with van der Waals surface area (Å²) in [5.41, 5.74) is 0.702. The topological polar surface area (TPSA) is 69.4 Å². The molecule has 0 aromatic heterocycles. The van der Waals surface area contributed by atoms with Gasteiger partial charge >= 0.3 is 5.97 Å². The van der Waals surface area contributed by atoms with Gasteiger partial charge in [0, 0.05) is 6.07 Å². The number of halogens is 1. The van der Waals surface area contributed by atoms with Gasteiger partial charge in [0.2, 0.25) is 0 Å². The molecule has 0 N–H and O–H groups in total. The number of hydrogen-bond acceptors (Lipinski definition) is 4. The van der Waals surface area contributed by atoms with Crippen molar-refractivity contribution in [2.45, 2.75) is 26.9 Å². The van der Waals surface area contributed by atoms with E-state index in [1.807, 2.05) is 0 Å². The van der Waals surface area contributed by atoms with Crippen LogP contribution in [0.3, 0.4) is 0 Å². The number of benzene rings is 1. The fourth-order valence-corrected chi connectivity index (χ4v) is 1.90. The van der Waals surface area contributed by atoms with Gasteiger partial charge in [-0.3, -0.25) is 10.1 Å². The number of hydrogen-bond donors (Lipinski definition) is 0. The molecule has 0 amide bonds. The molecular formula is C11H12BrNO4. The van der Waals surface area contributed by atoms with Gasteiger partial charge in [-0.15, -0.1) is 0 Å². The van der Waals surface area contributed by atoms with E-state index in [1.54, 1.807) is 20.8 Å². The first-order valence-corrected chi connectivity index (χ1v) is 5.77. The SMILES string of the molecule is Cc1cc(Br)c([N+](=O)[O-])cc1C(=O)OC(C)C. The summed E-state index contributed by atoms with van der Waals surface area (Å²) in [7, 11) is 0. The Labute approximate surface area is 107 Å². The van der Waals surface area contributed by atoms with Crippen molar-refractivity contribution < 1.29 is 14.5 Å². The maximum Gasteiger partial charge on any atom is 0.338 e. The highest BCUT2D eigenvalue weighted by atomic mass is 79.9. The second kappa shape index (κ2) is 5.27. The molecule has 0 saturated carbocycles. The molecule has 1 aromatic rings. The molecule has 0 spiro atoms. The molecule has 0 atom stereocenters. The van der Waals surface area contributed by atoms with Gasteiger partial charge in [0.25, 0.3) is 5.69 Å².